The molecule has 3 nitrogen and oxygen atoms in total. The van der Waals surface area contributed by atoms with E-state index in [0.717, 1.165) is 12.2 Å². The molecular weight excluding hydrogens is 262 g/mol. The van der Waals surface area contributed by atoms with Crippen LogP contribution in [0.5, 0.6) is 11.6 Å². The predicted molar refractivity (Wildman–Crippen MR) is 84.1 cm³/mol. The van der Waals surface area contributed by atoms with Gasteiger partial charge in [0.15, 0.2) is 5.78 Å². The van der Waals surface area contributed by atoms with E-state index in [-0.39, 0.29) is 11.2 Å². The van der Waals surface area contributed by atoms with E-state index in [1.807, 2.05) is 12.1 Å². The first-order valence-electron chi connectivity index (χ1n) is 7.18. The average Bonchev–Trinajstić information content (AvgIpc) is 2.48. The number of pyridine rings is 1. The Morgan fingerprint density at radius 1 is 1.14 bits per heavy atom. The van der Waals surface area contributed by atoms with Gasteiger partial charge >= 0.3 is 0 Å². The van der Waals surface area contributed by atoms with Crippen molar-refractivity contribution in [1.82, 2.24) is 4.98 Å². The second-order valence-corrected chi connectivity index (χ2v) is 5.81. The number of aromatic nitrogens is 1. The minimum Gasteiger partial charge on any atom is -0.439 e. The molecule has 0 aliphatic rings. The summed E-state index contributed by atoms with van der Waals surface area (Å²) in [6.45, 7) is 8.16. The monoisotopic (exact) mass is 283 g/mol. The SMILES string of the molecule is CCC(C)(C)c1ccc(Oc2ccc(C(C)=O)cn2)cc1. The highest BCUT2D eigenvalue weighted by molar-refractivity contribution is 5.93. The Morgan fingerprint density at radius 2 is 1.81 bits per heavy atom. The predicted octanol–water partition coefficient (Wildman–Crippen LogP) is 4.76. The van der Waals surface area contributed by atoms with Crippen LogP contribution >= 0.6 is 0 Å². The molecule has 21 heavy (non-hydrogen) atoms. The summed E-state index contributed by atoms with van der Waals surface area (Å²) in [4.78, 5) is 15.3. The van der Waals surface area contributed by atoms with Gasteiger partial charge in [0.1, 0.15) is 5.75 Å². The normalized spacial score (nSPS) is 11.2. The molecule has 0 radical (unpaired) electrons. The van der Waals surface area contributed by atoms with Gasteiger partial charge in [-0.05, 0) is 42.5 Å². The fourth-order valence-corrected chi connectivity index (χ4v) is 1.95. The molecule has 3 heteroatoms. The lowest BCUT2D eigenvalue weighted by atomic mass is 9.82. The van der Waals surface area contributed by atoms with Gasteiger partial charge in [-0.3, -0.25) is 4.79 Å². The zero-order valence-electron chi connectivity index (χ0n) is 13.0. The van der Waals surface area contributed by atoms with E-state index in [1.165, 1.54) is 18.7 Å². The molecule has 1 heterocycles. The van der Waals surface area contributed by atoms with Crippen LogP contribution in [0.4, 0.5) is 0 Å². The first kappa shape index (κ1) is 15.2. The maximum Gasteiger partial charge on any atom is 0.219 e. The molecule has 1 aromatic carbocycles. The Balaban J connectivity index is 2.11. The third kappa shape index (κ3) is 3.69. The smallest absolute Gasteiger partial charge is 0.219 e. The lowest BCUT2D eigenvalue weighted by molar-refractivity contribution is 0.101. The number of benzene rings is 1. The van der Waals surface area contributed by atoms with Crippen molar-refractivity contribution in [3.8, 4) is 11.6 Å². The van der Waals surface area contributed by atoms with E-state index in [9.17, 15) is 4.79 Å². The van der Waals surface area contributed by atoms with Gasteiger partial charge < -0.3 is 4.74 Å². The van der Waals surface area contributed by atoms with Crippen LogP contribution in [0.1, 0.15) is 50.0 Å². The van der Waals surface area contributed by atoms with Gasteiger partial charge in [-0.1, -0.05) is 32.9 Å². The summed E-state index contributed by atoms with van der Waals surface area (Å²) in [6, 6.07) is 11.5. The second kappa shape index (κ2) is 6.08. The third-order valence-corrected chi connectivity index (χ3v) is 3.88. The summed E-state index contributed by atoms with van der Waals surface area (Å²) in [5.74, 6) is 1.23. The molecule has 0 aliphatic heterocycles. The van der Waals surface area contributed by atoms with Gasteiger partial charge in [0, 0.05) is 17.8 Å². The van der Waals surface area contributed by atoms with Crippen molar-refractivity contribution in [2.45, 2.75) is 39.5 Å². The van der Waals surface area contributed by atoms with Crippen molar-refractivity contribution >= 4 is 5.78 Å². The fourth-order valence-electron chi connectivity index (χ4n) is 1.95. The molecular formula is C18H21NO2. The number of hydrogen-bond acceptors (Lipinski definition) is 3. The zero-order chi connectivity index (χ0) is 15.5. The van der Waals surface area contributed by atoms with Crippen LogP contribution in [0.25, 0.3) is 0 Å². The van der Waals surface area contributed by atoms with Gasteiger partial charge in [0.2, 0.25) is 5.88 Å². The molecule has 0 N–H and O–H groups in total. The molecule has 0 fully saturated rings. The summed E-state index contributed by atoms with van der Waals surface area (Å²) in [7, 11) is 0. The third-order valence-electron chi connectivity index (χ3n) is 3.88. The minimum atomic E-state index is 0.000185. The number of carbonyl (C=O) groups is 1. The maximum atomic E-state index is 11.2. The molecule has 0 bridgehead atoms. The number of carbonyl (C=O) groups excluding carboxylic acids is 1. The Labute approximate surface area is 126 Å². The van der Waals surface area contributed by atoms with E-state index in [1.54, 1.807) is 12.1 Å². The Hall–Kier alpha value is -2.16. The lowest BCUT2D eigenvalue weighted by Gasteiger charge is -2.23. The zero-order valence-corrected chi connectivity index (χ0v) is 13.0. The minimum absolute atomic E-state index is 0.000185. The highest BCUT2D eigenvalue weighted by Crippen LogP contribution is 2.29. The molecule has 0 saturated heterocycles. The Bertz CT molecular complexity index is 613. The molecule has 2 aromatic rings. The molecule has 0 atom stereocenters. The summed E-state index contributed by atoms with van der Waals surface area (Å²) < 4.78 is 5.69. The van der Waals surface area contributed by atoms with Crippen LogP contribution in [-0.2, 0) is 5.41 Å². The number of hydrogen-bond donors (Lipinski definition) is 0. The summed E-state index contributed by atoms with van der Waals surface area (Å²) in [5, 5.41) is 0. The van der Waals surface area contributed by atoms with Crippen LogP contribution in [0.3, 0.4) is 0 Å². The average molecular weight is 283 g/mol. The number of nitrogens with zero attached hydrogens (tertiary/aromatic N) is 1. The number of rotatable bonds is 5. The molecule has 1 aromatic heterocycles. The highest BCUT2D eigenvalue weighted by atomic mass is 16.5. The van der Waals surface area contributed by atoms with Crippen molar-refractivity contribution in [1.29, 1.82) is 0 Å². The number of Topliss-reactive ketones (excluding diaryl/α,β-unsaturated/α-hetero) is 1. The molecule has 0 spiro atoms. The van der Waals surface area contributed by atoms with E-state index in [4.69, 9.17) is 4.74 Å². The Kier molecular flexibility index (Phi) is 4.41. The molecule has 0 amide bonds. The summed E-state index contributed by atoms with van der Waals surface area (Å²) in [6.07, 6.45) is 2.62. The molecule has 2 rings (SSSR count). The maximum absolute atomic E-state index is 11.2. The fraction of sp³-hybridized carbons (Fsp3) is 0.333. The van der Waals surface area contributed by atoms with Crippen molar-refractivity contribution < 1.29 is 9.53 Å². The van der Waals surface area contributed by atoms with Gasteiger partial charge in [-0.15, -0.1) is 0 Å². The van der Waals surface area contributed by atoms with Crippen LogP contribution in [0, 0.1) is 0 Å². The van der Waals surface area contributed by atoms with E-state index in [2.05, 4.69) is 37.9 Å². The van der Waals surface area contributed by atoms with E-state index >= 15 is 0 Å². The highest BCUT2D eigenvalue weighted by Gasteiger charge is 2.17. The quantitative estimate of drug-likeness (QED) is 0.742. The standard InChI is InChI=1S/C18H21NO2/c1-5-18(3,4)15-7-9-16(10-8-15)21-17-11-6-14(12-19-17)13(2)20/h6-12H,5H2,1-4H3. The van der Waals surface area contributed by atoms with Crippen molar-refractivity contribution in [3.05, 3.63) is 53.7 Å². The van der Waals surface area contributed by atoms with Gasteiger partial charge in [-0.2, -0.15) is 0 Å². The van der Waals surface area contributed by atoms with Crippen molar-refractivity contribution in [2.24, 2.45) is 0 Å². The van der Waals surface area contributed by atoms with Crippen molar-refractivity contribution in [3.63, 3.8) is 0 Å². The second-order valence-electron chi connectivity index (χ2n) is 5.81. The first-order valence-corrected chi connectivity index (χ1v) is 7.18. The molecule has 0 aliphatic carbocycles. The van der Waals surface area contributed by atoms with E-state index < -0.39 is 0 Å². The Morgan fingerprint density at radius 3 is 2.29 bits per heavy atom. The first-order chi connectivity index (χ1) is 9.92. The van der Waals surface area contributed by atoms with Gasteiger partial charge in [0.05, 0.1) is 0 Å². The van der Waals surface area contributed by atoms with Crippen LogP contribution in [0.2, 0.25) is 0 Å². The number of ketones is 1. The van der Waals surface area contributed by atoms with Gasteiger partial charge in [-0.25, -0.2) is 4.98 Å². The topological polar surface area (TPSA) is 39.2 Å². The van der Waals surface area contributed by atoms with Crippen molar-refractivity contribution in [2.75, 3.05) is 0 Å². The largest absolute Gasteiger partial charge is 0.439 e. The van der Waals surface area contributed by atoms with Crippen LogP contribution in [0.15, 0.2) is 42.6 Å². The molecule has 0 unspecified atom stereocenters. The lowest BCUT2D eigenvalue weighted by Crippen LogP contribution is -2.14. The molecule has 110 valence electrons. The molecule has 0 saturated carbocycles. The van der Waals surface area contributed by atoms with Crippen LogP contribution < -0.4 is 4.74 Å². The van der Waals surface area contributed by atoms with E-state index in [0.29, 0.717) is 11.4 Å². The van der Waals surface area contributed by atoms with Crippen LogP contribution in [-0.4, -0.2) is 10.8 Å². The van der Waals surface area contributed by atoms with Gasteiger partial charge in [0.25, 0.3) is 0 Å². The summed E-state index contributed by atoms with van der Waals surface area (Å²) >= 11 is 0. The number of ether oxygens (including phenoxy) is 1. The summed E-state index contributed by atoms with van der Waals surface area (Å²) in [5.41, 5.74) is 2.04.